The molecule has 3 N–H and O–H groups in total. The summed E-state index contributed by atoms with van der Waals surface area (Å²) in [4.78, 5) is 4.15. The lowest BCUT2D eigenvalue weighted by atomic mass is 10.1. The summed E-state index contributed by atoms with van der Waals surface area (Å²) in [6.45, 7) is 1.52. The quantitative estimate of drug-likeness (QED) is 0.239. The van der Waals surface area contributed by atoms with E-state index in [-0.39, 0.29) is 30.6 Å². The number of hydrogen-bond donors (Lipinski definition) is 3. The summed E-state index contributed by atoms with van der Waals surface area (Å²) in [6.07, 6.45) is 0.834. The molecule has 0 aromatic heterocycles. The number of nitrogens with one attached hydrogen (secondary N) is 2. The Labute approximate surface area is 170 Å². The van der Waals surface area contributed by atoms with E-state index in [0.717, 1.165) is 24.3 Å². The highest BCUT2D eigenvalue weighted by atomic mass is 127. The molecule has 0 aliphatic heterocycles. The molecule has 0 heterocycles. The molecule has 5 nitrogen and oxygen atoms in total. The number of para-hydroxylation sites is 1. The molecular formula is C19H25FIN3O2. The second kappa shape index (κ2) is 12.5. The van der Waals surface area contributed by atoms with E-state index in [1.54, 1.807) is 19.2 Å². The Morgan fingerprint density at radius 2 is 1.92 bits per heavy atom. The third kappa shape index (κ3) is 7.57. The maximum Gasteiger partial charge on any atom is 0.191 e. The molecule has 0 saturated heterocycles. The number of rotatable bonds is 8. The molecule has 142 valence electrons. The Morgan fingerprint density at radius 3 is 2.62 bits per heavy atom. The van der Waals surface area contributed by atoms with Gasteiger partial charge in [0.15, 0.2) is 5.96 Å². The van der Waals surface area contributed by atoms with Crippen molar-refractivity contribution < 1.29 is 14.2 Å². The van der Waals surface area contributed by atoms with Crippen molar-refractivity contribution in [2.75, 3.05) is 20.2 Å². The maximum atomic E-state index is 13.4. The van der Waals surface area contributed by atoms with Gasteiger partial charge in [-0.15, -0.1) is 24.0 Å². The molecule has 2 aromatic carbocycles. The summed E-state index contributed by atoms with van der Waals surface area (Å²) in [7, 11) is 1.69. The van der Waals surface area contributed by atoms with Gasteiger partial charge in [-0.25, -0.2) is 4.39 Å². The predicted molar refractivity (Wildman–Crippen MR) is 112 cm³/mol. The third-order valence-corrected chi connectivity index (χ3v) is 3.59. The minimum absolute atomic E-state index is 0. The number of guanidine groups is 1. The molecule has 0 unspecified atom stereocenters. The summed E-state index contributed by atoms with van der Waals surface area (Å²) < 4.78 is 19.0. The molecule has 7 heteroatoms. The minimum atomic E-state index is -0.396. The maximum absolute atomic E-state index is 13.4. The third-order valence-electron chi connectivity index (χ3n) is 3.59. The van der Waals surface area contributed by atoms with Gasteiger partial charge in [-0.3, -0.25) is 4.99 Å². The molecule has 0 saturated carbocycles. The van der Waals surface area contributed by atoms with Gasteiger partial charge in [0.05, 0.1) is 13.2 Å². The summed E-state index contributed by atoms with van der Waals surface area (Å²) in [5.41, 5.74) is 1.17. The monoisotopic (exact) mass is 473 g/mol. The largest absolute Gasteiger partial charge is 0.494 e. The Balaban J connectivity index is 0.00000338. The van der Waals surface area contributed by atoms with E-state index in [1.807, 2.05) is 30.3 Å². The van der Waals surface area contributed by atoms with Crippen LogP contribution in [0, 0.1) is 5.82 Å². The number of aliphatic imine (C=N–C) groups is 1. The van der Waals surface area contributed by atoms with Gasteiger partial charge in [-0.2, -0.15) is 0 Å². The first-order valence-electron chi connectivity index (χ1n) is 8.23. The molecule has 0 fully saturated rings. The standard InChI is InChI=1S/C19H24FN3O2.HI/c1-21-19(22-10-5-11-25-17-6-3-2-4-7-17)23-13-15-8-9-18(20)16(12-15)14-24;/h2-4,6-9,12,24H,5,10-11,13-14H2,1H3,(H2,21,22,23);1H. The van der Waals surface area contributed by atoms with Crippen molar-refractivity contribution >= 4 is 29.9 Å². The molecule has 2 rings (SSSR count). The van der Waals surface area contributed by atoms with Crippen LogP contribution >= 0.6 is 24.0 Å². The van der Waals surface area contributed by atoms with Crippen LogP contribution in [-0.4, -0.2) is 31.3 Å². The number of benzene rings is 2. The minimum Gasteiger partial charge on any atom is -0.494 e. The summed E-state index contributed by atoms with van der Waals surface area (Å²) >= 11 is 0. The lowest BCUT2D eigenvalue weighted by Gasteiger charge is -2.13. The molecule has 0 aliphatic rings. The van der Waals surface area contributed by atoms with Crippen LogP contribution in [0.3, 0.4) is 0 Å². The van der Waals surface area contributed by atoms with E-state index in [2.05, 4.69) is 15.6 Å². The van der Waals surface area contributed by atoms with E-state index in [1.165, 1.54) is 6.07 Å². The highest BCUT2D eigenvalue weighted by Gasteiger charge is 2.03. The lowest BCUT2D eigenvalue weighted by molar-refractivity contribution is 0.275. The fraction of sp³-hybridized carbons (Fsp3) is 0.316. The average molecular weight is 473 g/mol. The van der Waals surface area contributed by atoms with Crippen LogP contribution in [0.1, 0.15) is 17.5 Å². The topological polar surface area (TPSA) is 65.9 Å². The van der Waals surface area contributed by atoms with Gasteiger partial charge in [0.25, 0.3) is 0 Å². The zero-order chi connectivity index (χ0) is 17.9. The first-order chi connectivity index (χ1) is 12.2. The van der Waals surface area contributed by atoms with E-state index >= 15 is 0 Å². The molecule has 0 aliphatic carbocycles. The predicted octanol–water partition coefficient (Wildman–Crippen LogP) is 3.07. The van der Waals surface area contributed by atoms with Crippen LogP contribution in [0.2, 0.25) is 0 Å². The van der Waals surface area contributed by atoms with Crippen LogP contribution in [0.4, 0.5) is 4.39 Å². The normalized spacial score (nSPS) is 10.8. The number of nitrogens with zero attached hydrogens (tertiary/aromatic N) is 1. The first kappa shape index (κ1) is 22.2. The Hall–Kier alpha value is -1.87. The molecular weight excluding hydrogens is 448 g/mol. The number of aliphatic hydroxyl groups is 1. The Kier molecular flexibility index (Phi) is 10.6. The van der Waals surface area contributed by atoms with Gasteiger partial charge >= 0.3 is 0 Å². The summed E-state index contributed by atoms with van der Waals surface area (Å²) in [6, 6.07) is 14.4. The van der Waals surface area contributed by atoms with Gasteiger partial charge in [0, 0.05) is 25.7 Å². The fourth-order valence-electron chi connectivity index (χ4n) is 2.25. The van der Waals surface area contributed by atoms with Crippen molar-refractivity contribution in [1.29, 1.82) is 0 Å². The summed E-state index contributed by atoms with van der Waals surface area (Å²) in [5, 5.41) is 15.5. The van der Waals surface area contributed by atoms with Crippen molar-refractivity contribution in [2.24, 2.45) is 4.99 Å². The first-order valence-corrected chi connectivity index (χ1v) is 8.23. The van der Waals surface area contributed by atoms with Crippen molar-refractivity contribution in [3.63, 3.8) is 0 Å². The molecule has 0 atom stereocenters. The van der Waals surface area contributed by atoms with Crippen LogP contribution in [0.5, 0.6) is 5.75 Å². The van der Waals surface area contributed by atoms with Crippen LogP contribution in [-0.2, 0) is 13.2 Å². The van der Waals surface area contributed by atoms with Crippen LogP contribution in [0.15, 0.2) is 53.5 Å². The zero-order valence-electron chi connectivity index (χ0n) is 14.7. The van der Waals surface area contributed by atoms with E-state index < -0.39 is 5.82 Å². The molecule has 0 spiro atoms. The molecule has 0 bridgehead atoms. The lowest BCUT2D eigenvalue weighted by Crippen LogP contribution is -2.37. The molecule has 0 radical (unpaired) electrons. The van der Waals surface area contributed by atoms with Gasteiger partial charge in [0.1, 0.15) is 11.6 Å². The highest BCUT2D eigenvalue weighted by Crippen LogP contribution is 2.10. The molecule has 26 heavy (non-hydrogen) atoms. The SMILES string of the molecule is CN=C(NCCCOc1ccccc1)NCc1ccc(F)c(CO)c1.I. The van der Waals surface area contributed by atoms with Crippen molar-refractivity contribution in [3.05, 3.63) is 65.5 Å². The van der Waals surface area contributed by atoms with E-state index in [4.69, 9.17) is 9.84 Å². The van der Waals surface area contributed by atoms with E-state index in [0.29, 0.717) is 24.7 Å². The van der Waals surface area contributed by atoms with Gasteiger partial charge in [-0.05, 0) is 36.2 Å². The van der Waals surface area contributed by atoms with Gasteiger partial charge in [-0.1, -0.05) is 24.3 Å². The average Bonchev–Trinajstić information content (AvgIpc) is 2.66. The Morgan fingerprint density at radius 1 is 1.15 bits per heavy atom. The zero-order valence-corrected chi connectivity index (χ0v) is 17.1. The number of halogens is 2. The second-order valence-corrected chi connectivity index (χ2v) is 5.45. The molecule has 0 amide bonds. The van der Waals surface area contributed by atoms with E-state index in [9.17, 15) is 4.39 Å². The molecule has 2 aromatic rings. The van der Waals surface area contributed by atoms with Gasteiger partial charge < -0.3 is 20.5 Å². The fourth-order valence-corrected chi connectivity index (χ4v) is 2.25. The van der Waals surface area contributed by atoms with Crippen LogP contribution in [0.25, 0.3) is 0 Å². The van der Waals surface area contributed by atoms with Gasteiger partial charge in [0.2, 0.25) is 0 Å². The van der Waals surface area contributed by atoms with Crippen molar-refractivity contribution in [1.82, 2.24) is 10.6 Å². The van der Waals surface area contributed by atoms with Crippen molar-refractivity contribution in [3.8, 4) is 5.75 Å². The number of aliphatic hydroxyl groups excluding tert-OH is 1. The van der Waals surface area contributed by atoms with Crippen LogP contribution < -0.4 is 15.4 Å². The van der Waals surface area contributed by atoms with Crippen molar-refractivity contribution in [2.45, 2.75) is 19.6 Å². The number of ether oxygens (including phenoxy) is 1. The second-order valence-electron chi connectivity index (χ2n) is 5.45. The smallest absolute Gasteiger partial charge is 0.191 e. The summed E-state index contributed by atoms with van der Waals surface area (Å²) in [5.74, 6) is 1.13. The number of hydrogen-bond acceptors (Lipinski definition) is 3. The highest BCUT2D eigenvalue weighted by molar-refractivity contribution is 14.0. The Bertz CT molecular complexity index is 684.